The lowest BCUT2D eigenvalue weighted by Crippen LogP contribution is -2.10. The van der Waals surface area contributed by atoms with E-state index in [1.807, 2.05) is 34.6 Å². The van der Waals surface area contributed by atoms with Crippen LogP contribution in [0.2, 0.25) is 0 Å². The van der Waals surface area contributed by atoms with Gasteiger partial charge in [-0.05, 0) is 28.7 Å². The van der Waals surface area contributed by atoms with Crippen LogP contribution in [0.25, 0.3) is 0 Å². The molecule has 2 aromatic carbocycles. The Morgan fingerprint density at radius 2 is 1.68 bits per heavy atom. The summed E-state index contributed by atoms with van der Waals surface area (Å²) in [6.07, 6.45) is 0. The van der Waals surface area contributed by atoms with Gasteiger partial charge in [0.05, 0.1) is 33.3 Å². The molecule has 1 heterocycles. The first-order chi connectivity index (χ1) is 10.8. The van der Waals surface area contributed by atoms with Crippen molar-refractivity contribution in [1.82, 2.24) is 3.44 Å². The number of hydrazone groups is 1. The summed E-state index contributed by atoms with van der Waals surface area (Å²) in [5.74, 6) is 0.616. The van der Waals surface area contributed by atoms with E-state index in [2.05, 4.69) is 57.6 Å². The Morgan fingerprint density at radius 1 is 1.05 bits per heavy atom. The number of hydrogen-bond acceptors (Lipinski definition) is 3. The number of rotatable bonds is 5. The van der Waals surface area contributed by atoms with Crippen molar-refractivity contribution in [1.29, 1.82) is 0 Å². The fraction of sp³-hybridized carbons (Fsp3) is 0.176. The number of ether oxygens (including phenoxy) is 1. The van der Waals surface area contributed by atoms with Crippen LogP contribution < -0.4 is 0 Å². The molecule has 1 aliphatic rings. The first-order valence-corrected chi connectivity index (χ1v) is 9.08. The zero-order valence-electron chi connectivity index (χ0n) is 12.3. The van der Waals surface area contributed by atoms with Crippen LogP contribution in [0.1, 0.15) is 18.1 Å². The molecule has 5 heteroatoms. The molecule has 0 bridgehead atoms. The van der Waals surface area contributed by atoms with Crippen molar-refractivity contribution in [3.63, 3.8) is 0 Å². The highest BCUT2D eigenvalue weighted by molar-refractivity contribution is 9.09. The molecule has 0 saturated heterocycles. The fourth-order valence-corrected chi connectivity index (χ4v) is 4.84. The second-order valence-corrected chi connectivity index (χ2v) is 7.78. The lowest BCUT2D eigenvalue weighted by molar-refractivity contribution is 0.168. The highest BCUT2D eigenvalue weighted by atomic mass is 79.9. The normalized spacial score (nSPS) is 17.7. The van der Waals surface area contributed by atoms with Gasteiger partial charge in [-0.25, -0.2) is 0 Å². The predicted octanol–water partition coefficient (Wildman–Crippen LogP) is 4.57. The molecule has 22 heavy (non-hydrogen) atoms. The summed E-state index contributed by atoms with van der Waals surface area (Å²) in [6, 6.07) is 20.6. The molecule has 0 aliphatic carbocycles. The lowest BCUT2D eigenvalue weighted by Gasteiger charge is -2.14. The van der Waals surface area contributed by atoms with Crippen molar-refractivity contribution in [2.45, 2.75) is 13.5 Å². The number of hydrogen-bond donors (Lipinski definition) is 0. The van der Waals surface area contributed by atoms with Gasteiger partial charge in [0.1, 0.15) is 5.94 Å². The Balaban J connectivity index is 1.76. The minimum atomic E-state index is -0.224. The van der Waals surface area contributed by atoms with Gasteiger partial charge < -0.3 is 4.74 Å². The molecule has 0 radical (unpaired) electrons. The van der Waals surface area contributed by atoms with Gasteiger partial charge in [0.2, 0.25) is 0 Å². The Bertz CT molecular complexity index is 701. The van der Waals surface area contributed by atoms with Crippen LogP contribution in [0.4, 0.5) is 0 Å². The second-order valence-electron chi connectivity index (χ2n) is 4.92. The van der Waals surface area contributed by atoms with E-state index in [1.54, 1.807) is 0 Å². The van der Waals surface area contributed by atoms with Gasteiger partial charge in [-0.3, -0.25) is 0 Å². The van der Waals surface area contributed by atoms with Gasteiger partial charge in [0, 0.05) is 0 Å². The van der Waals surface area contributed by atoms with Crippen LogP contribution in [-0.2, 0) is 11.3 Å². The summed E-state index contributed by atoms with van der Waals surface area (Å²) < 4.78 is 7.76. The molecule has 0 aromatic heterocycles. The smallest absolute Gasteiger partial charge is 0.108 e. The van der Waals surface area contributed by atoms with Crippen molar-refractivity contribution in [3.05, 3.63) is 71.8 Å². The summed E-state index contributed by atoms with van der Waals surface area (Å²) >= 11 is 3.53. The van der Waals surface area contributed by atoms with Crippen molar-refractivity contribution >= 4 is 37.4 Å². The van der Waals surface area contributed by atoms with E-state index in [0.717, 1.165) is 5.71 Å². The Morgan fingerprint density at radius 3 is 2.36 bits per heavy atom. The Kier molecular flexibility index (Phi) is 5.08. The average Bonchev–Trinajstić information content (AvgIpc) is 2.83. The molecule has 0 spiro atoms. The zero-order valence-corrected chi connectivity index (χ0v) is 14.7. The van der Waals surface area contributed by atoms with Crippen molar-refractivity contribution in [2.75, 3.05) is 5.94 Å². The van der Waals surface area contributed by atoms with E-state index in [0.29, 0.717) is 12.5 Å². The highest BCUT2D eigenvalue weighted by Gasteiger charge is 2.22. The predicted molar refractivity (Wildman–Crippen MR) is 98.1 cm³/mol. The standard InChI is InChI=1S/C17H17BrN2OS/c1-14-17(16-10-6-3-7-11-16)22(20(18)19-14)13-21-12-15-8-4-2-5-9-15/h2-11H,12-13H2,1H3. The maximum Gasteiger partial charge on any atom is 0.108 e. The van der Waals surface area contributed by atoms with E-state index in [9.17, 15) is 0 Å². The molecule has 1 unspecified atom stereocenters. The quantitative estimate of drug-likeness (QED) is 0.564. The van der Waals surface area contributed by atoms with Crippen LogP contribution in [0.15, 0.2) is 65.8 Å². The van der Waals surface area contributed by atoms with Crippen LogP contribution in [-0.4, -0.2) is 20.0 Å². The fourth-order valence-electron chi connectivity index (χ4n) is 2.31. The third-order valence-corrected chi connectivity index (χ3v) is 6.36. The summed E-state index contributed by atoms with van der Waals surface area (Å²) in [4.78, 5) is 1.24. The van der Waals surface area contributed by atoms with Gasteiger partial charge in [0.25, 0.3) is 0 Å². The SMILES string of the molecule is CC1=NN(Br)S(COCc2ccccc2)=C1c1ccccc1. The van der Waals surface area contributed by atoms with E-state index < -0.39 is 0 Å². The summed E-state index contributed by atoms with van der Waals surface area (Å²) in [7, 11) is -0.224. The maximum absolute atomic E-state index is 5.92. The summed E-state index contributed by atoms with van der Waals surface area (Å²) in [6.45, 7) is 2.66. The van der Waals surface area contributed by atoms with Crippen molar-refractivity contribution in [3.8, 4) is 0 Å². The molecule has 3 rings (SSSR count). The van der Waals surface area contributed by atoms with Crippen LogP contribution >= 0.6 is 26.8 Å². The van der Waals surface area contributed by atoms with E-state index >= 15 is 0 Å². The average molecular weight is 377 g/mol. The number of benzene rings is 2. The molecule has 3 nitrogen and oxygen atoms in total. The molecular weight excluding hydrogens is 360 g/mol. The minimum Gasteiger partial charge on any atom is -0.365 e. The summed E-state index contributed by atoms with van der Waals surface area (Å²) in [5.41, 5.74) is 3.43. The molecule has 1 atom stereocenters. The molecule has 2 aromatic rings. The van der Waals surface area contributed by atoms with Crippen molar-refractivity contribution in [2.24, 2.45) is 5.10 Å². The zero-order chi connectivity index (χ0) is 15.4. The lowest BCUT2D eigenvalue weighted by atomic mass is 10.1. The molecular formula is C17H17BrN2OS. The Labute approximate surface area is 142 Å². The molecule has 0 fully saturated rings. The van der Waals surface area contributed by atoms with E-state index in [-0.39, 0.29) is 10.7 Å². The topological polar surface area (TPSA) is 24.8 Å². The molecule has 1 aliphatic heterocycles. The molecule has 0 N–H and O–H groups in total. The largest absolute Gasteiger partial charge is 0.365 e. The maximum atomic E-state index is 5.92. The van der Waals surface area contributed by atoms with Gasteiger partial charge >= 0.3 is 0 Å². The first kappa shape index (κ1) is 15.5. The van der Waals surface area contributed by atoms with Gasteiger partial charge in [-0.15, -0.1) is 0 Å². The van der Waals surface area contributed by atoms with E-state index in [1.165, 1.54) is 16.0 Å². The molecule has 114 valence electrons. The molecule has 0 amide bonds. The van der Waals surface area contributed by atoms with E-state index in [4.69, 9.17) is 4.74 Å². The van der Waals surface area contributed by atoms with Gasteiger partial charge in [-0.2, -0.15) is 8.54 Å². The second kappa shape index (κ2) is 7.22. The summed E-state index contributed by atoms with van der Waals surface area (Å²) in [5, 5.41) is 4.52. The van der Waals surface area contributed by atoms with Crippen LogP contribution in [0, 0.1) is 0 Å². The third kappa shape index (κ3) is 3.48. The first-order valence-electron chi connectivity index (χ1n) is 7.02. The van der Waals surface area contributed by atoms with Crippen LogP contribution in [0.5, 0.6) is 0 Å². The van der Waals surface area contributed by atoms with Gasteiger partial charge in [0.15, 0.2) is 0 Å². The monoisotopic (exact) mass is 376 g/mol. The highest BCUT2D eigenvalue weighted by Crippen LogP contribution is 2.34. The minimum absolute atomic E-state index is 0.224. The van der Waals surface area contributed by atoms with Gasteiger partial charge in [-0.1, -0.05) is 60.7 Å². The third-order valence-electron chi connectivity index (χ3n) is 3.32. The molecule has 0 saturated carbocycles. The Hall–Kier alpha value is -1.43. The van der Waals surface area contributed by atoms with Crippen molar-refractivity contribution < 1.29 is 4.74 Å². The number of nitrogens with zero attached hydrogens (tertiary/aromatic N) is 2. The number of halogens is 1. The van der Waals surface area contributed by atoms with Crippen LogP contribution in [0.3, 0.4) is 0 Å².